The largest absolute Gasteiger partial charge is 0.346 e. The maximum Gasteiger partial charge on any atom is 0.324 e. The highest BCUT2D eigenvalue weighted by molar-refractivity contribution is 5.96. The van der Waals surface area contributed by atoms with Crippen molar-refractivity contribution in [1.29, 1.82) is 0 Å². The van der Waals surface area contributed by atoms with Gasteiger partial charge in [-0.1, -0.05) is 60.2 Å². The maximum absolute atomic E-state index is 13.1. The normalized spacial score (nSPS) is 14.9. The van der Waals surface area contributed by atoms with E-state index in [2.05, 4.69) is 30.4 Å². The average Bonchev–Trinajstić information content (AvgIpc) is 2.81. The van der Waals surface area contributed by atoms with E-state index in [4.69, 9.17) is 0 Å². The molecule has 0 bridgehead atoms. The summed E-state index contributed by atoms with van der Waals surface area (Å²) in [6.07, 6.45) is 0.911. The molecule has 4 rings (SSSR count). The second kappa shape index (κ2) is 9.69. The summed E-state index contributed by atoms with van der Waals surface area (Å²) in [5.41, 5.74) is 4.79. The Labute approximate surface area is 189 Å². The van der Waals surface area contributed by atoms with Gasteiger partial charge in [0.15, 0.2) is 0 Å². The minimum absolute atomic E-state index is 0.00709. The first-order valence-electron chi connectivity index (χ1n) is 11.1. The molecule has 1 atom stereocenters. The van der Waals surface area contributed by atoms with Crippen LogP contribution in [-0.2, 0) is 6.54 Å². The lowest BCUT2D eigenvalue weighted by Gasteiger charge is -2.35. The number of aryl methyl sites for hydroxylation is 1. The highest BCUT2D eigenvalue weighted by atomic mass is 16.2. The van der Waals surface area contributed by atoms with Gasteiger partial charge < -0.3 is 10.2 Å². The predicted octanol–water partition coefficient (Wildman–Crippen LogP) is 5.32. The van der Waals surface area contributed by atoms with Crippen LogP contribution in [-0.4, -0.2) is 29.9 Å². The van der Waals surface area contributed by atoms with Gasteiger partial charge in [0, 0.05) is 30.9 Å². The van der Waals surface area contributed by atoms with Crippen molar-refractivity contribution in [2.75, 3.05) is 18.0 Å². The van der Waals surface area contributed by atoms with Gasteiger partial charge in [-0.25, -0.2) is 4.79 Å². The van der Waals surface area contributed by atoms with Gasteiger partial charge in [-0.15, -0.1) is 0 Å². The molecule has 32 heavy (non-hydrogen) atoms. The summed E-state index contributed by atoms with van der Waals surface area (Å²) >= 11 is 0. The van der Waals surface area contributed by atoms with Crippen molar-refractivity contribution in [1.82, 2.24) is 10.2 Å². The first-order chi connectivity index (χ1) is 15.5. The summed E-state index contributed by atoms with van der Waals surface area (Å²) in [6, 6.07) is 25.4. The highest BCUT2D eigenvalue weighted by Crippen LogP contribution is 2.23. The molecule has 0 unspecified atom stereocenters. The third-order valence-electron chi connectivity index (χ3n) is 5.86. The fourth-order valence-electron chi connectivity index (χ4n) is 4.10. The molecule has 5 heteroatoms. The molecule has 164 valence electrons. The molecule has 0 aliphatic carbocycles. The summed E-state index contributed by atoms with van der Waals surface area (Å²) in [6.45, 7) is 6.07. The average molecular weight is 428 g/mol. The topological polar surface area (TPSA) is 52.6 Å². The predicted molar refractivity (Wildman–Crippen MR) is 128 cm³/mol. The van der Waals surface area contributed by atoms with Crippen LogP contribution in [0.1, 0.15) is 46.4 Å². The Bertz CT molecular complexity index is 1080. The molecular weight excluding hydrogens is 398 g/mol. The molecule has 0 spiro atoms. The van der Waals surface area contributed by atoms with Crippen molar-refractivity contribution in [2.45, 2.75) is 32.9 Å². The number of urea groups is 1. The monoisotopic (exact) mass is 427 g/mol. The Morgan fingerprint density at radius 1 is 0.969 bits per heavy atom. The lowest BCUT2D eigenvalue weighted by molar-refractivity contribution is 0.0940. The maximum atomic E-state index is 13.1. The van der Waals surface area contributed by atoms with E-state index < -0.39 is 0 Å². The smallest absolute Gasteiger partial charge is 0.324 e. The van der Waals surface area contributed by atoms with Crippen LogP contribution in [0.25, 0.3) is 0 Å². The van der Waals surface area contributed by atoms with Gasteiger partial charge in [0.1, 0.15) is 0 Å². The molecule has 5 nitrogen and oxygen atoms in total. The lowest BCUT2D eigenvalue weighted by Crippen LogP contribution is -2.49. The number of hydrogen-bond donors (Lipinski definition) is 1. The first-order valence-corrected chi connectivity index (χ1v) is 11.1. The molecule has 1 saturated heterocycles. The van der Waals surface area contributed by atoms with E-state index in [9.17, 15) is 9.59 Å². The summed E-state index contributed by atoms with van der Waals surface area (Å²) in [7, 11) is 0. The number of anilines is 1. The van der Waals surface area contributed by atoms with E-state index in [0.717, 1.165) is 29.8 Å². The van der Waals surface area contributed by atoms with Crippen molar-refractivity contribution < 1.29 is 9.59 Å². The number of carbonyl (C=O) groups is 2. The number of nitrogens with one attached hydrogen (secondary N) is 1. The third-order valence-corrected chi connectivity index (χ3v) is 5.86. The number of hydrogen-bond acceptors (Lipinski definition) is 2. The van der Waals surface area contributed by atoms with E-state index in [1.165, 1.54) is 5.56 Å². The summed E-state index contributed by atoms with van der Waals surface area (Å²) in [4.78, 5) is 29.5. The first kappa shape index (κ1) is 21.6. The van der Waals surface area contributed by atoms with Crippen molar-refractivity contribution in [3.63, 3.8) is 0 Å². The zero-order valence-electron chi connectivity index (χ0n) is 18.6. The minimum atomic E-state index is -0.126. The molecule has 1 fully saturated rings. The second-order valence-electron chi connectivity index (χ2n) is 8.35. The van der Waals surface area contributed by atoms with Crippen LogP contribution in [0.3, 0.4) is 0 Å². The van der Waals surface area contributed by atoms with Gasteiger partial charge in [-0.05, 0) is 55.7 Å². The molecule has 3 amide bonds. The number of rotatable bonds is 6. The number of benzene rings is 3. The van der Waals surface area contributed by atoms with Crippen molar-refractivity contribution in [3.8, 4) is 0 Å². The molecule has 0 saturated carbocycles. The van der Waals surface area contributed by atoms with Gasteiger partial charge in [-0.2, -0.15) is 0 Å². The zero-order chi connectivity index (χ0) is 22.5. The Balaban J connectivity index is 1.41. The lowest BCUT2D eigenvalue weighted by atomic mass is 10.1. The quantitative estimate of drug-likeness (QED) is 0.579. The van der Waals surface area contributed by atoms with Crippen molar-refractivity contribution in [2.24, 2.45) is 0 Å². The fourth-order valence-corrected chi connectivity index (χ4v) is 4.10. The van der Waals surface area contributed by atoms with Crippen molar-refractivity contribution >= 4 is 17.6 Å². The van der Waals surface area contributed by atoms with E-state index in [1.54, 1.807) is 17.0 Å². The van der Waals surface area contributed by atoms with Crippen LogP contribution < -0.4 is 10.2 Å². The van der Waals surface area contributed by atoms with Crippen LogP contribution in [0.5, 0.6) is 0 Å². The van der Waals surface area contributed by atoms with Crippen LogP contribution >= 0.6 is 0 Å². The van der Waals surface area contributed by atoms with Gasteiger partial charge in [0.2, 0.25) is 0 Å². The summed E-state index contributed by atoms with van der Waals surface area (Å²) < 4.78 is 0. The van der Waals surface area contributed by atoms with Crippen LogP contribution in [0.4, 0.5) is 10.5 Å². The third kappa shape index (κ3) is 4.99. The molecule has 3 aromatic rings. The molecule has 1 N–H and O–H groups in total. The number of nitrogens with zero attached hydrogens (tertiary/aromatic N) is 2. The molecule has 1 heterocycles. The second-order valence-corrected chi connectivity index (χ2v) is 8.35. The summed E-state index contributed by atoms with van der Waals surface area (Å²) in [5.74, 6) is -0.126. The van der Waals surface area contributed by atoms with E-state index in [1.807, 2.05) is 60.4 Å². The Kier molecular flexibility index (Phi) is 6.55. The molecule has 1 aliphatic heterocycles. The van der Waals surface area contributed by atoms with E-state index >= 15 is 0 Å². The van der Waals surface area contributed by atoms with Gasteiger partial charge >= 0.3 is 6.03 Å². The number of amides is 3. The van der Waals surface area contributed by atoms with Crippen LogP contribution in [0.15, 0.2) is 78.9 Å². The SMILES string of the molecule is Cc1cccc(CN2CCCN(c3ccc(C(=O)N[C@H](C)c4ccccc4)cc3)C2=O)c1. The minimum Gasteiger partial charge on any atom is -0.346 e. The van der Waals surface area contributed by atoms with Crippen LogP contribution in [0.2, 0.25) is 0 Å². The highest BCUT2D eigenvalue weighted by Gasteiger charge is 2.27. The number of carbonyl (C=O) groups excluding carboxylic acids is 2. The van der Waals surface area contributed by atoms with E-state index in [0.29, 0.717) is 18.7 Å². The van der Waals surface area contributed by atoms with E-state index in [-0.39, 0.29) is 18.0 Å². The standard InChI is InChI=1S/C27H29N3O2/c1-20-8-6-9-22(18-20)19-29-16-7-17-30(27(29)32)25-14-12-24(13-15-25)26(31)28-21(2)23-10-4-3-5-11-23/h3-6,8-15,18,21H,7,16-17,19H2,1-2H3,(H,28,31)/t21-/m1/s1. The van der Waals surface area contributed by atoms with Gasteiger partial charge in [0.25, 0.3) is 5.91 Å². The van der Waals surface area contributed by atoms with Gasteiger partial charge in [0.05, 0.1) is 6.04 Å². The Morgan fingerprint density at radius 3 is 2.44 bits per heavy atom. The molecule has 3 aromatic carbocycles. The molecule has 0 aromatic heterocycles. The molecule has 1 aliphatic rings. The Hall–Kier alpha value is -3.60. The summed E-state index contributed by atoms with van der Waals surface area (Å²) in [5, 5.41) is 3.03. The molecule has 0 radical (unpaired) electrons. The van der Waals surface area contributed by atoms with Gasteiger partial charge in [-0.3, -0.25) is 9.69 Å². The molecular formula is C27H29N3O2. The zero-order valence-corrected chi connectivity index (χ0v) is 18.6. The fraction of sp³-hybridized carbons (Fsp3) is 0.259. The Morgan fingerprint density at radius 2 is 1.72 bits per heavy atom. The van der Waals surface area contributed by atoms with Crippen LogP contribution in [0, 0.1) is 6.92 Å². The van der Waals surface area contributed by atoms with Crippen molar-refractivity contribution in [3.05, 3.63) is 101 Å².